The lowest BCUT2D eigenvalue weighted by atomic mass is 10.4. The number of aromatic nitrogens is 2. The quantitative estimate of drug-likeness (QED) is 0.762. The summed E-state index contributed by atoms with van der Waals surface area (Å²) in [5, 5.41) is 7.62. The molecule has 0 aromatic carbocycles. The van der Waals surface area contributed by atoms with Gasteiger partial charge >= 0.3 is 0 Å². The molecule has 0 atom stereocenters. The van der Waals surface area contributed by atoms with E-state index in [1.807, 2.05) is 17.9 Å². The molecular weight excluding hydrogens is 220 g/mol. The van der Waals surface area contributed by atoms with Gasteiger partial charge in [-0.25, -0.2) is 0 Å². The highest BCUT2D eigenvalue weighted by Crippen LogP contribution is 2.07. The average Bonchev–Trinajstić information content (AvgIpc) is 2.72. The number of nitrogens with one attached hydrogen (secondary N) is 1. The standard InChI is InChI=1S/C11H20N4S/c1-14-11(2-3-13-14)10-12-4-5-15-6-8-16-9-7-15/h2-3,12H,4-10H2,1H3. The first kappa shape index (κ1) is 12.0. The van der Waals surface area contributed by atoms with Crippen LogP contribution in [0, 0.1) is 0 Å². The van der Waals surface area contributed by atoms with Crippen LogP contribution in [0.1, 0.15) is 5.69 Å². The second kappa shape index (κ2) is 6.27. The summed E-state index contributed by atoms with van der Waals surface area (Å²) in [4.78, 5) is 2.53. The molecule has 1 aromatic heterocycles. The van der Waals surface area contributed by atoms with Gasteiger partial charge in [0.15, 0.2) is 0 Å². The third-order valence-electron chi connectivity index (χ3n) is 2.94. The molecule has 0 saturated carbocycles. The van der Waals surface area contributed by atoms with Gasteiger partial charge in [0.05, 0.1) is 5.69 Å². The van der Waals surface area contributed by atoms with Gasteiger partial charge in [-0.2, -0.15) is 16.9 Å². The van der Waals surface area contributed by atoms with E-state index < -0.39 is 0 Å². The largest absolute Gasteiger partial charge is 0.310 e. The summed E-state index contributed by atoms with van der Waals surface area (Å²) in [5.74, 6) is 2.59. The molecular formula is C11H20N4S. The van der Waals surface area contributed by atoms with Crippen molar-refractivity contribution >= 4 is 11.8 Å². The molecule has 1 saturated heterocycles. The summed E-state index contributed by atoms with van der Waals surface area (Å²) >= 11 is 2.06. The lowest BCUT2D eigenvalue weighted by Crippen LogP contribution is -2.37. The van der Waals surface area contributed by atoms with Crippen molar-refractivity contribution in [3.05, 3.63) is 18.0 Å². The van der Waals surface area contributed by atoms with E-state index in [0.717, 1.165) is 13.1 Å². The van der Waals surface area contributed by atoms with Crippen molar-refractivity contribution in [1.29, 1.82) is 0 Å². The highest BCUT2D eigenvalue weighted by molar-refractivity contribution is 7.99. The third kappa shape index (κ3) is 3.50. The van der Waals surface area contributed by atoms with Crippen LogP contribution in [0.25, 0.3) is 0 Å². The van der Waals surface area contributed by atoms with E-state index in [1.54, 1.807) is 0 Å². The maximum Gasteiger partial charge on any atom is 0.0518 e. The second-order valence-electron chi connectivity index (χ2n) is 4.08. The molecule has 0 bridgehead atoms. The van der Waals surface area contributed by atoms with E-state index in [1.165, 1.54) is 36.8 Å². The highest BCUT2D eigenvalue weighted by atomic mass is 32.2. The topological polar surface area (TPSA) is 33.1 Å². The zero-order chi connectivity index (χ0) is 11.2. The molecule has 90 valence electrons. The molecule has 0 radical (unpaired) electrons. The Morgan fingerprint density at radius 2 is 2.25 bits per heavy atom. The zero-order valence-electron chi connectivity index (χ0n) is 9.85. The fraction of sp³-hybridized carbons (Fsp3) is 0.727. The van der Waals surface area contributed by atoms with Crippen LogP contribution in [0.4, 0.5) is 0 Å². The molecule has 2 rings (SSSR count). The Morgan fingerprint density at radius 3 is 2.94 bits per heavy atom. The van der Waals surface area contributed by atoms with Crippen LogP contribution >= 0.6 is 11.8 Å². The first-order valence-electron chi connectivity index (χ1n) is 5.84. The van der Waals surface area contributed by atoms with Crippen molar-refractivity contribution in [1.82, 2.24) is 20.0 Å². The zero-order valence-corrected chi connectivity index (χ0v) is 10.7. The summed E-state index contributed by atoms with van der Waals surface area (Å²) in [6, 6.07) is 2.06. The molecule has 2 heterocycles. The van der Waals surface area contributed by atoms with Gasteiger partial charge in [-0.3, -0.25) is 4.68 Å². The van der Waals surface area contributed by atoms with Gasteiger partial charge < -0.3 is 10.2 Å². The summed E-state index contributed by atoms with van der Waals surface area (Å²) in [7, 11) is 1.98. The number of thioether (sulfide) groups is 1. The van der Waals surface area contributed by atoms with Gasteiger partial charge in [0.1, 0.15) is 0 Å². The minimum absolute atomic E-state index is 0.916. The normalized spacial score (nSPS) is 17.8. The van der Waals surface area contributed by atoms with Crippen molar-refractivity contribution in [3.63, 3.8) is 0 Å². The van der Waals surface area contributed by atoms with Crippen LogP contribution in [-0.2, 0) is 13.6 Å². The van der Waals surface area contributed by atoms with Crippen LogP contribution in [0.3, 0.4) is 0 Å². The molecule has 16 heavy (non-hydrogen) atoms. The van der Waals surface area contributed by atoms with Crippen molar-refractivity contribution < 1.29 is 0 Å². The molecule has 0 aliphatic carbocycles. The molecule has 1 fully saturated rings. The van der Waals surface area contributed by atoms with Crippen LogP contribution < -0.4 is 5.32 Å². The maximum atomic E-state index is 4.15. The molecule has 1 aliphatic heterocycles. The van der Waals surface area contributed by atoms with Gasteiger partial charge in [-0.05, 0) is 6.07 Å². The number of rotatable bonds is 5. The molecule has 1 aliphatic rings. The predicted molar refractivity (Wildman–Crippen MR) is 68.7 cm³/mol. The van der Waals surface area contributed by atoms with Gasteiger partial charge in [0, 0.05) is 57.5 Å². The van der Waals surface area contributed by atoms with Gasteiger partial charge in [-0.1, -0.05) is 0 Å². The van der Waals surface area contributed by atoms with E-state index in [2.05, 4.69) is 33.1 Å². The molecule has 5 heteroatoms. The molecule has 1 N–H and O–H groups in total. The maximum absolute atomic E-state index is 4.15. The van der Waals surface area contributed by atoms with E-state index in [-0.39, 0.29) is 0 Å². The Morgan fingerprint density at radius 1 is 1.44 bits per heavy atom. The lowest BCUT2D eigenvalue weighted by Gasteiger charge is -2.26. The number of nitrogens with zero attached hydrogens (tertiary/aromatic N) is 3. The third-order valence-corrected chi connectivity index (χ3v) is 3.88. The van der Waals surface area contributed by atoms with E-state index in [0.29, 0.717) is 0 Å². The highest BCUT2D eigenvalue weighted by Gasteiger charge is 2.09. The first-order chi connectivity index (χ1) is 7.86. The van der Waals surface area contributed by atoms with Crippen molar-refractivity contribution in [2.75, 3.05) is 37.7 Å². The Hall–Kier alpha value is -0.520. The van der Waals surface area contributed by atoms with Gasteiger partial charge in [0.25, 0.3) is 0 Å². The summed E-state index contributed by atoms with van der Waals surface area (Å²) in [6.45, 7) is 5.64. The Kier molecular flexibility index (Phi) is 4.69. The fourth-order valence-electron chi connectivity index (χ4n) is 1.85. The van der Waals surface area contributed by atoms with Crippen LogP contribution in [0.2, 0.25) is 0 Å². The molecule has 0 unspecified atom stereocenters. The summed E-state index contributed by atoms with van der Waals surface area (Å²) < 4.78 is 1.92. The van der Waals surface area contributed by atoms with E-state index >= 15 is 0 Å². The SMILES string of the molecule is Cn1nccc1CNCCN1CCSCC1. The number of aryl methyl sites for hydroxylation is 1. The first-order valence-corrected chi connectivity index (χ1v) is 6.99. The summed E-state index contributed by atoms with van der Waals surface area (Å²) in [5.41, 5.74) is 1.24. The number of hydrogen-bond donors (Lipinski definition) is 1. The Labute approximate surface area is 101 Å². The van der Waals surface area contributed by atoms with Crippen molar-refractivity contribution in [2.24, 2.45) is 7.05 Å². The monoisotopic (exact) mass is 240 g/mol. The Balaban J connectivity index is 1.59. The minimum atomic E-state index is 0.916. The van der Waals surface area contributed by atoms with Crippen LogP contribution in [-0.4, -0.2) is 52.4 Å². The Bertz CT molecular complexity index is 307. The fourth-order valence-corrected chi connectivity index (χ4v) is 2.83. The van der Waals surface area contributed by atoms with Crippen molar-refractivity contribution in [3.8, 4) is 0 Å². The molecule has 4 nitrogen and oxygen atoms in total. The van der Waals surface area contributed by atoms with Crippen LogP contribution in [0.15, 0.2) is 12.3 Å². The average molecular weight is 240 g/mol. The number of hydrogen-bond acceptors (Lipinski definition) is 4. The van der Waals surface area contributed by atoms with Crippen molar-refractivity contribution in [2.45, 2.75) is 6.54 Å². The smallest absolute Gasteiger partial charge is 0.0518 e. The minimum Gasteiger partial charge on any atom is -0.310 e. The van der Waals surface area contributed by atoms with Gasteiger partial charge in [-0.15, -0.1) is 0 Å². The molecule has 1 aromatic rings. The predicted octanol–water partition coefficient (Wildman–Crippen LogP) is 0.559. The summed E-state index contributed by atoms with van der Waals surface area (Å²) in [6.07, 6.45) is 1.85. The molecule has 0 amide bonds. The lowest BCUT2D eigenvalue weighted by molar-refractivity contribution is 0.300. The van der Waals surface area contributed by atoms with E-state index in [9.17, 15) is 0 Å². The van der Waals surface area contributed by atoms with Gasteiger partial charge in [0.2, 0.25) is 0 Å². The van der Waals surface area contributed by atoms with E-state index in [4.69, 9.17) is 0 Å². The molecule has 0 spiro atoms. The van der Waals surface area contributed by atoms with Crippen LogP contribution in [0.5, 0.6) is 0 Å². The second-order valence-corrected chi connectivity index (χ2v) is 5.30.